The lowest BCUT2D eigenvalue weighted by Crippen LogP contribution is -2.42. The summed E-state index contributed by atoms with van der Waals surface area (Å²) < 4.78 is 25.6. The predicted octanol–water partition coefficient (Wildman–Crippen LogP) is 3.71. The molecule has 2 aliphatic rings. The van der Waals surface area contributed by atoms with E-state index in [1.54, 1.807) is 20.8 Å². The fourth-order valence-corrected chi connectivity index (χ4v) is 9.23. The summed E-state index contributed by atoms with van der Waals surface area (Å²) >= 11 is 2.90. The molecule has 0 bridgehead atoms. The minimum Gasteiger partial charge on any atom is -0.338 e. The van der Waals surface area contributed by atoms with Gasteiger partial charge in [0.25, 0.3) is 5.56 Å². The van der Waals surface area contributed by atoms with Crippen molar-refractivity contribution >= 4 is 49.1 Å². The summed E-state index contributed by atoms with van der Waals surface area (Å²) in [5, 5.41) is 1.32. The molecule has 1 fully saturated rings. The highest BCUT2D eigenvalue weighted by molar-refractivity contribution is 7.99. The Morgan fingerprint density at radius 3 is 2.72 bits per heavy atom. The van der Waals surface area contributed by atoms with Gasteiger partial charge in [0, 0.05) is 24.0 Å². The lowest BCUT2D eigenvalue weighted by molar-refractivity contribution is -0.129. The first-order valence-electron chi connectivity index (χ1n) is 12.6. The molecular weight excluding hydrogens is 515 g/mol. The van der Waals surface area contributed by atoms with Gasteiger partial charge in [-0.1, -0.05) is 42.1 Å². The van der Waals surface area contributed by atoms with Gasteiger partial charge in [-0.2, -0.15) is 0 Å². The summed E-state index contributed by atoms with van der Waals surface area (Å²) in [5.41, 5.74) is 2.29. The van der Waals surface area contributed by atoms with Crippen LogP contribution in [-0.2, 0) is 40.4 Å². The number of nitrogens with zero attached hydrogens (tertiary/aromatic N) is 3. The van der Waals surface area contributed by atoms with Crippen molar-refractivity contribution in [3.05, 3.63) is 56.7 Å². The van der Waals surface area contributed by atoms with Crippen LogP contribution in [0.3, 0.4) is 0 Å². The second kappa shape index (κ2) is 10.7. The number of thiophene rings is 1. The number of carbonyl (C=O) groups excluding carboxylic acids is 1. The van der Waals surface area contributed by atoms with Crippen molar-refractivity contribution in [2.24, 2.45) is 0 Å². The van der Waals surface area contributed by atoms with Crippen LogP contribution in [0.4, 0.5) is 0 Å². The van der Waals surface area contributed by atoms with Crippen LogP contribution >= 0.6 is 23.1 Å². The molecule has 1 unspecified atom stereocenters. The lowest BCUT2D eigenvalue weighted by Gasteiger charge is -2.26. The molecule has 0 radical (unpaired) electrons. The van der Waals surface area contributed by atoms with Gasteiger partial charge in [0.2, 0.25) is 5.91 Å². The van der Waals surface area contributed by atoms with Crippen molar-refractivity contribution in [1.82, 2.24) is 14.5 Å². The number of hydrogen-bond donors (Lipinski definition) is 0. The molecule has 1 amide bonds. The Morgan fingerprint density at radius 1 is 1.22 bits per heavy atom. The van der Waals surface area contributed by atoms with E-state index in [1.807, 2.05) is 25.1 Å². The highest BCUT2D eigenvalue weighted by Crippen LogP contribution is 2.35. The van der Waals surface area contributed by atoms with Crippen LogP contribution in [0, 0.1) is 0 Å². The number of thioether (sulfide) groups is 1. The maximum absolute atomic E-state index is 13.8. The molecule has 1 saturated heterocycles. The van der Waals surface area contributed by atoms with E-state index in [0.717, 1.165) is 41.5 Å². The first kappa shape index (κ1) is 25.5. The van der Waals surface area contributed by atoms with E-state index in [2.05, 4.69) is 12.1 Å². The van der Waals surface area contributed by atoms with Gasteiger partial charge in [0.15, 0.2) is 15.0 Å². The summed E-state index contributed by atoms with van der Waals surface area (Å²) in [7, 11) is -3.08. The number of carbonyl (C=O) groups is 1. The van der Waals surface area contributed by atoms with Gasteiger partial charge in [-0.25, -0.2) is 13.4 Å². The van der Waals surface area contributed by atoms with Gasteiger partial charge in [-0.3, -0.25) is 14.2 Å². The van der Waals surface area contributed by atoms with Crippen LogP contribution < -0.4 is 5.56 Å². The lowest BCUT2D eigenvalue weighted by atomic mass is 9.97. The Balaban J connectivity index is 1.43. The second-order valence-corrected chi connectivity index (χ2v) is 13.8. The van der Waals surface area contributed by atoms with Gasteiger partial charge >= 0.3 is 0 Å². The standard InChI is InChI=1S/C26H31N3O4S3/c1-2-28(19-13-15-36(32,33)17-19)22(30)16-34-26-27-24-23(20-10-6-7-11-21(20)35-24)25(31)29(26)14-12-18-8-4-3-5-9-18/h3-5,8-9,19H,2,6-7,10-17H2,1H3. The summed E-state index contributed by atoms with van der Waals surface area (Å²) in [5.74, 6) is 0.177. The fraction of sp³-hybridized carbons (Fsp3) is 0.500. The van der Waals surface area contributed by atoms with Crippen molar-refractivity contribution < 1.29 is 13.2 Å². The summed E-state index contributed by atoms with van der Waals surface area (Å²) in [4.78, 5) is 35.5. The van der Waals surface area contributed by atoms with E-state index in [9.17, 15) is 18.0 Å². The Bertz CT molecular complexity index is 1430. The average molecular weight is 546 g/mol. The van der Waals surface area contributed by atoms with Crippen molar-refractivity contribution in [3.63, 3.8) is 0 Å². The quantitative estimate of drug-likeness (QED) is 0.317. The molecule has 192 valence electrons. The number of amides is 1. The first-order chi connectivity index (χ1) is 17.4. The van der Waals surface area contributed by atoms with Crippen LogP contribution in [0.1, 0.15) is 42.2 Å². The molecule has 36 heavy (non-hydrogen) atoms. The van der Waals surface area contributed by atoms with Crippen molar-refractivity contribution in [2.45, 2.75) is 63.2 Å². The number of hydrogen-bond acceptors (Lipinski definition) is 7. The van der Waals surface area contributed by atoms with Crippen LogP contribution in [0.2, 0.25) is 0 Å². The highest BCUT2D eigenvalue weighted by atomic mass is 32.2. The smallest absolute Gasteiger partial charge is 0.263 e. The van der Waals surface area contributed by atoms with Gasteiger partial charge in [0.1, 0.15) is 4.83 Å². The molecule has 10 heteroatoms. The van der Waals surface area contributed by atoms with E-state index in [-0.39, 0.29) is 34.8 Å². The minimum atomic E-state index is -3.08. The number of sulfone groups is 1. The van der Waals surface area contributed by atoms with E-state index >= 15 is 0 Å². The third-order valence-corrected chi connectivity index (χ3v) is 11.0. The summed E-state index contributed by atoms with van der Waals surface area (Å²) in [6, 6.07) is 9.79. The topological polar surface area (TPSA) is 89.3 Å². The molecule has 3 heterocycles. The molecule has 7 nitrogen and oxygen atoms in total. The monoisotopic (exact) mass is 545 g/mol. The summed E-state index contributed by atoms with van der Waals surface area (Å²) in [6.45, 7) is 2.83. The molecular formula is C26H31N3O4S3. The number of aromatic nitrogens is 2. The normalized spacial score (nSPS) is 18.9. The van der Waals surface area contributed by atoms with E-state index < -0.39 is 9.84 Å². The van der Waals surface area contributed by atoms with Crippen LogP contribution in [0.25, 0.3) is 10.2 Å². The zero-order valence-corrected chi connectivity index (χ0v) is 22.9. The van der Waals surface area contributed by atoms with Crippen molar-refractivity contribution in [1.29, 1.82) is 0 Å². The summed E-state index contributed by atoms with van der Waals surface area (Å²) in [6.07, 6.45) is 5.34. The molecule has 0 N–H and O–H groups in total. The van der Waals surface area contributed by atoms with E-state index in [0.29, 0.717) is 31.1 Å². The third-order valence-electron chi connectivity index (χ3n) is 7.14. The van der Waals surface area contributed by atoms with Crippen LogP contribution in [0.5, 0.6) is 0 Å². The number of rotatable bonds is 8. The molecule has 1 aliphatic carbocycles. The second-order valence-electron chi connectivity index (χ2n) is 9.50. The average Bonchev–Trinajstić information content (AvgIpc) is 3.42. The molecule has 1 aliphatic heterocycles. The molecule has 2 aromatic heterocycles. The van der Waals surface area contributed by atoms with Crippen LogP contribution in [0.15, 0.2) is 40.3 Å². The van der Waals surface area contributed by atoms with Gasteiger partial charge in [0.05, 0.1) is 22.6 Å². The zero-order valence-electron chi connectivity index (χ0n) is 20.4. The first-order valence-corrected chi connectivity index (χ1v) is 16.2. The molecule has 5 rings (SSSR count). The molecule has 0 saturated carbocycles. The zero-order chi connectivity index (χ0) is 25.3. The predicted molar refractivity (Wildman–Crippen MR) is 146 cm³/mol. The van der Waals surface area contributed by atoms with Gasteiger partial charge in [-0.05, 0) is 56.6 Å². The Kier molecular flexibility index (Phi) is 7.55. The number of fused-ring (bicyclic) bond motifs is 3. The van der Waals surface area contributed by atoms with E-state index in [1.165, 1.54) is 22.2 Å². The molecule has 0 spiro atoms. The number of benzene rings is 1. The Morgan fingerprint density at radius 2 is 2.00 bits per heavy atom. The SMILES string of the molecule is CCN(C(=O)CSc1nc2sc3c(c2c(=O)n1CCc1ccccc1)CCCC3)C1CCS(=O)(=O)C1. The highest BCUT2D eigenvalue weighted by Gasteiger charge is 2.34. The van der Waals surface area contributed by atoms with Crippen molar-refractivity contribution in [3.8, 4) is 0 Å². The third kappa shape index (κ3) is 5.26. The van der Waals surface area contributed by atoms with Crippen molar-refractivity contribution in [2.75, 3.05) is 23.8 Å². The maximum Gasteiger partial charge on any atom is 0.263 e. The number of aryl methyl sites for hydroxylation is 3. The Hall–Kier alpha value is -2.17. The largest absolute Gasteiger partial charge is 0.338 e. The molecule has 1 atom stereocenters. The van der Waals surface area contributed by atoms with Crippen LogP contribution in [-0.4, -0.2) is 58.6 Å². The maximum atomic E-state index is 13.8. The minimum absolute atomic E-state index is 0.0143. The molecule has 1 aromatic carbocycles. The van der Waals surface area contributed by atoms with Gasteiger partial charge in [-0.15, -0.1) is 11.3 Å². The molecule has 3 aromatic rings. The van der Waals surface area contributed by atoms with Gasteiger partial charge < -0.3 is 4.90 Å². The Labute approximate surface area is 219 Å². The van der Waals surface area contributed by atoms with E-state index in [4.69, 9.17) is 4.98 Å². The fourth-order valence-electron chi connectivity index (χ4n) is 5.28.